The van der Waals surface area contributed by atoms with E-state index in [0.29, 0.717) is 34.9 Å². The molecule has 1 atom stereocenters. The SMILES string of the molecule is COCOc1ccc(C#N)cc1C(O)c1ncccc1OCOCC[Si](C)(C)C. The number of pyridine rings is 1. The fourth-order valence-corrected chi connectivity index (χ4v) is 3.26. The summed E-state index contributed by atoms with van der Waals surface area (Å²) in [5.74, 6) is 0.814. The van der Waals surface area contributed by atoms with Gasteiger partial charge in [-0.25, -0.2) is 0 Å². The van der Waals surface area contributed by atoms with E-state index in [1.54, 1.807) is 36.5 Å². The topological polar surface area (TPSA) is 93.8 Å². The molecule has 0 amide bonds. The molecule has 0 saturated carbocycles. The molecular weight excluding hydrogens is 388 g/mol. The lowest BCUT2D eigenvalue weighted by Crippen LogP contribution is -2.22. The minimum absolute atomic E-state index is 0.0160. The normalized spacial score (nSPS) is 12.3. The first-order chi connectivity index (χ1) is 13.9. The van der Waals surface area contributed by atoms with Crippen molar-refractivity contribution in [2.75, 3.05) is 27.3 Å². The molecule has 0 aliphatic heterocycles. The number of ether oxygens (including phenoxy) is 4. The highest BCUT2D eigenvalue weighted by atomic mass is 28.3. The zero-order valence-corrected chi connectivity index (χ0v) is 18.3. The van der Waals surface area contributed by atoms with E-state index in [1.165, 1.54) is 7.11 Å². The summed E-state index contributed by atoms with van der Waals surface area (Å²) in [5.41, 5.74) is 1.12. The number of hydrogen-bond acceptors (Lipinski definition) is 7. The van der Waals surface area contributed by atoms with Crippen molar-refractivity contribution in [3.05, 3.63) is 53.3 Å². The van der Waals surface area contributed by atoms with Gasteiger partial charge in [-0.1, -0.05) is 19.6 Å². The van der Waals surface area contributed by atoms with E-state index in [0.717, 1.165) is 6.04 Å². The molecule has 0 aliphatic rings. The molecule has 0 saturated heterocycles. The Balaban J connectivity index is 2.17. The number of aliphatic hydroxyl groups excluding tert-OH is 1. The van der Waals surface area contributed by atoms with Crippen LogP contribution in [0.15, 0.2) is 36.5 Å². The van der Waals surface area contributed by atoms with Crippen LogP contribution in [-0.4, -0.2) is 45.5 Å². The number of methoxy groups -OCH3 is 1. The van der Waals surface area contributed by atoms with E-state index < -0.39 is 14.2 Å². The van der Waals surface area contributed by atoms with Crippen molar-refractivity contribution in [1.82, 2.24) is 4.98 Å². The number of nitriles is 1. The van der Waals surface area contributed by atoms with Crippen molar-refractivity contribution in [3.8, 4) is 17.6 Å². The number of aliphatic hydroxyl groups is 1. The second-order valence-corrected chi connectivity index (χ2v) is 13.3. The Kier molecular flexibility index (Phi) is 8.61. The van der Waals surface area contributed by atoms with Gasteiger partial charge in [0.15, 0.2) is 13.6 Å². The van der Waals surface area contributed by atoms with E-state index in [9.17, 15) is 10.4 Å². The standard InChI is InChI=1S/C21H28N2O5Si/c1-25-14-27-18-8-7-16(13-22)12-17(18)21(24)20-19(6-5-9-23-20)28-15-26-10-11-29(2,3)4/h5-9,12,21,24H,10-11,14-15H2,1-4H3. The molecular formula is C21H28N2O5Si. The minimum atomic E-state index is -1.17. The van der Waals surface area contributed by atoms with E-state index >= 15 is 0 Å². The van der Waals surface area contributed by atoms with Gasteiger partial charge in [0.1, 0.15) is 23.3 Å². The van der Waals surface area contributed by atoms with Gasteiger partial charge in [0.2, 0.25) is 0 Å². The van der Waals surface area contributed by atoms with Crippen LogP contribution >= 0.6 is 0 Å². The second-order valence-electron chi connectivity index (χ2n) is 7.69. The van der Waals surface area contributed by atoms with Gasteiger partial charge >= 0.3 is 0 Å². The highest BCUT2D eigenvalue weighted by molar-refractivity contribution is 6.76. The van der Waals surface area contributed by atoms with Crippen LogP contribution in [0.3, 0.4) is 0 Å². The second kappa shape index (κ2) is 10.9. The maximum absolute atomic E-state index is 11.0. The lowest BCUT2D eigenvalue weighted by atomic mass is 10.0. The van der Waals surface area contributed by atoms with E-state index in [4.69, 9.17) is 18.9 Å². The molecule has 7 nitrogen and oxygen atoms in total. The minimum Gasteiger partial charge on any atom is -0.467 e. The summed E-state index contributed by atoms with van der Waals surface area (Å²) in [4.78, 5) is 4.28. The molecule has 1 unspecified atom stereocenters. The summed E-state index contributed by atoms with van der Waals surface area (Å²) in [6.45, 7) is 7.57. The Labute approximate surface area is 172 Å². The summed E-state index contributed by atoms with van der Waals surface area (Å²) in [7, 11) is 0.337. The van der Waals surface area contributed by atoms with Gasteiger partial charge in [-0.15, -0.1) is 0 Å². The summed E-state index contributed by atoms with van der Waals surface area (Å²) in [5, 5.41) is 20.2. The average Bonchev–Trinajstić information content (AvgIpc) is 2.71. The smallest absolute Gasteiger partial charge is 0.189 e. The van der Waals surface area contributed by atoms with Gasteiger partial charge in [-0.05, 0) is 36.4 Å². The third-order valence-corrected chi connectivity index (χ3v) is 5.82. The highest BCUT2D eigenvalue weighted by Crippen LogP contribution is 2.34. The van der Waals surface area contributed by atoms with Crippen LogP contribution in [0.25, 0.3) is 0 Å². The van der Waals surface area contributed by atoms with E-state index in [1.807, 2.05) is 0 Å². The molecule has 1 N–H and O–H groups in total. The monoisotopic (exact) mass is 416 g/mol. The van der Waals surface area contributed by atoms with Gasteiger partial charge in [0, 0.05) is 33.6 Å². The first-order valence-electron chi connectivity index (χ1n) is 9.35. The van der Waals surface area contributed by atoms with Gasteiger partial charge < -0.3 is 24.1 Å². The summed E-state index contributed by atoms with van der Waals surface area (Å²) >= 11 is 0. The summed E-state index contributed by atoms with van der Waals surface area (Å²) in [6, 6.07) is 11.4. The molecule has 2 rings (SSSR count). The maximum atomic E-state index is 11.0. The maximum Gasteiger partial charge on any atom is 0.189 e. The fraction of sp³-hybridized carbons (Fsp3) is 0.429. The number of rotatable bonds is 11. The van der Waals surface area contributed by atoms with Gasteiger partial charge in [-0.2, -0.15) is 5.26 Å². The Morgan fingerprint density at radius 1 is 1.14 bits per heavy atom. The van der Waals surface area contributed by atoms with Crippen LogP contribution in [0.5, 0.6) is 11.5 Å². The quantitative estimate of drug-likeness (QED) is 0.339. The molecule has 0 bridgehead atoms. The van der Waals surface area contributed by atoms with Crippen molar-refractivity contribution in [3.63, 3.8) is 0 Å². The molecule has 2 aromatic rings. The molecule has 0 fully saturated rings. The largest absolute Gasteiger partial charge is 0.467 e. The zero-order chi connectivity index (χ0) is 21.3. The van der Waals surface area contributed by atoms with Crippen molar-refractivity contribution in [2.45, 2.75) is 31.8 Å². The molecule has 1 aromatic carbocycles. The molecule has 1 aromatic heterocycles. The van der Waals surface area contributed by atoms with Crippen LogP contribution in [0, 0.1) is 11.3 Å². The lowest BCUT2D eigenvalue weighted by Gasteiger charge is -2.19. The molecule has 0 aliphatic carbocycles. The third kappa shape index (κ3) is 7.14. The van der Waals surface area contributed by atoms with Crippen molar-refractivity contribution in [1.29, 1.82) is 5.26 Å². The lowest BCUT2D eigenvalue weighted by molar-refractivity contribution is 0.0198. The van der Waals surface area contributed by atoms with Gasteiger partial charge in [0.25, 0.3) is 0 Å². The van der Waals surface area contributed by atoms with Crippen LogP contribution < -0.4 is 9.47 Å². The van der Waals surface area contributed by atoms with Crippen LogP contribution in [0.1, 0.15) is 22.9 Å². The first kappa shape index (κ1) is 22.8. The summed E-state index contributed by atoms with van der Waals surface area (Å²) < 4.78 is 21.8. The predicted molar refractivity (Wildman–Crippen MR) is 112 cm³/mol. The fourth-order valence-electron chi connectivity index (χ4n) is 2.51. The van der Waals surface area contributed by atoms with Crippen molar-refractivity contribution >= 4 is 8.07 Å². The molecule has 0 spiro atoms. The first-order valence-corrected chi connectivity index (χ1v) is 13.1. The number of aromatic nitrogens is 1. The van der Waals surface area contributed by atoms with Crippen LogP contribution in [0.2, 0.25) is 25.7 Å². The molecule has 29 heavy (non-hydrogen) atoms. The highest BCUT2D eigenvalue weighted by Gasteiger charge is 2.22. The van der Waals surface area contributed by atoms with Crippen molar-refractivity contribution < 1.29 is 24.1 Å². The van der Waals surface area contributed by atoms with E-state index in [-0.39, 0.29) is 13.6 Å². The Morgan fingerprint density at radius 3 is 2.59 bits per heavy atom. The number of benzene rings is 1. The molecule has 0 radical (unpaired) electrons. The number of nitrogens with zero attached hydrogens (tertiary/aromatic N) is 2. The molecule has 1 heterocycles. The Morgan fingerprint density at radius 2 is 1.90 bits per heavy atom. The Hall–Kier alpha value is -2.44. The van der Waals surface area contributed by atoms with Gasteiger partial charge in [-0.3, -0.25) is 4.98 Å². The average molecular weight is 417 g/mol. The zero-order valence-electron chi connectivity index (χ0n) is 17.3. The van der Waals surface area contributed by atoms with Crippen molar-refractivity contribution in [2.24, 2.45) is 0 Å². The summed E-state index contributed by atoms with van der Waals surface area (Å²) in [6.07, 6.45) is 0.426. The third-order valence-electron chi connectivity index (χ3n) is 4.12. The predicted octanol–water partition coefficient (Wildman–Crippen LogP) is 3.71. The molecule has 156 valence electrons. The van der Waals surface area contributed by atoms with Crippen LogP contribution in [0.4, 0.5) is 0 Å². The van der Waals surface area contributed by atoms with Gasteiger partial charge in [0.05, 0.1) is 11.6 Å². The van der Waals surface area contributed by atoms with Crippen LogP contribution in [-0.2, 0) is 9.47 Å². The Bertz CT molecular complexity index is 833. The van der Waals surface area contributed by atoms with E-state index in [2.05, 4.69) is 30.7 Å². The number of hydrogen-bond donors (Lipinski definition) is 1. The molecule has 8 heteroatoms.